The highest BCUT2D eigenvalue weighted by Gasteiger charge is 2.42. The molecule has 0 saturated carbocycles. The number of benzene rings is 2. The van der Waals surface area contributed by atoms with Crippen molar-refractivity contribution in [3.63, 3.8) is 0 Å². The molecule has 0 fully saturated rings. The number of methoxy groups -OCH3 is 1. The molecule has 1 amide bonds. The molecule has 162 valence electrons. The van der Waals surface area contributed by atoms with Crippen LogP contribution in [0, 0.1) is 0 Å². The summed E-state index contributed by atoms with van der Waals surface area (Å²) in [5.74, 6) is -1.01. The summed E-state index contributed by atoms with van der Waals surface area (Å²) >= 11 is 0. The molecule has 1 heterocycles. The average molecular weight is 423 g/mol. The predicted octanol–water partition coefficient (Wildman–Crippen LogP) is 2.68. The van der Waals surface area contributed by atoms with Crippen molar-refractivity contribution in [2.24, 2.45) is 0 Å². The van der Waals surface area contributed by atoms with Crippen LogP contribution in [0.2, 0.25) is 0 Å². The highest BCUT2D eigenvalue weighted by atomic mass is 16.5. The Morgan fingerprint density at radius 1 is 1.10 bits per heavy atom. The Bertz CT molecular complexity index is 965. The van der Waals surface area contributed by atoms with E-state index in [2.05, 4.69) is 0 Å². The van der Waals surface area contributed by atoms with E-state index in [1.807, 2.05) is 30.3 Å². The number of amides is 1. The van der Waals surface area contributed by atoms with Crippen molar-refractivity contribution in [1.29, 1.82) is 0 Å². The summed E-state index contributed by atoms with van der Waals surface area (Å²) in [7, 11) is 1.55. The van der Waals surface area contributed by atoms with Crippen molar-refractivity contribution in [3.8, 4) is 5.75 Å². The summed E-state index contributed by atoms with van der Waals surface area (Å²) in [6.45, 7) is 0.319. The van der Waals surface area contributed by atoms with Crippen LogP contribution in [0.4, 0.5) is 0 Å². The maximum absolute atomic E-state index is 13.0. The first-order valence-corrected chi connectivity index (χ1v) is 9.91. The molecule has 1 aliphatic rings. The number of carbonyl (C=O) groups excluding carboxylic acids is 2. The average Bonchev–Trinajstić information content (AvgIpc) is 3.06. The largest absolute Gasteiger partial charge is 0.503 e. The van der Waals surface area contributed by atoms with Gasteiger partial charge in [0.1, 0.15) is 5.75 Å². The van der Waals surface area contributed by atoms with E-state index >= 15 is 0 Å². The third-order valence-electron chi connectivity index (χ3n) is 4.94. The Labute approximate surface area is 180 Å². The fourth-order valence-electron chi connectivity index (χ4n) is 3.42. The molecular formula is C24H25NO6. The Balaban J connectivity index is 1.92. The van der Waals surface area contributed by atoms with Crippen LogP contribution in [0.5, 0.6) is 5.75 Å². The molecule has 7 heteroatoms. The second-order valence-corrected chi connectivity index (χ2v) is 6.88. The van der Waals surface area contributed by atoms with Gasteiger partial charge in [-0.05, 0) is 29.3 Å². The summed E-state index contributed by atoms with van der Waals surface area (Å²) in [6.07, 6.45) is 3.00. The van der Waals surface area contributed by atoms with E-state index in [0.29, 0.717) is 11.3 Å². The first kappa shape index (κ1) is 22.3. The summed E-state index contributed by atoms with van der Waals surface area (Å²) in [5.41, 5.74) is 1.51. The number of hydrogen-bond acceptors (Lipinski definition) is 6. The Morgan fingerprint density at radius 3 is 2.45 bits per heavy atom. The van der Waals surface area contributed by atoms with Crippen molar-refractivity contribution >= 4 is 17.8 Å². The van der Waals surface area contributed by atoms with Gasteiger partial charge in [0.15, 0.2) is 11.5 Å². The van der Waals surface area contributed by atoms with Crippen LogP contribution in [0.3, 0.4) is 0 Å². The number of allylic oxidation sites excluding steroid dienone is 1. The molecule has 2 aromatic carbocycles. The molecule has 3 rings (SSSR count). The van der Waals surface area contributed by atoms with E-state index in [9.17, 15) is 14.7 Å². The Kier molecular flexibility index (Phi) is 7.59. The summed E-state index contributed by atoms with van der Waals surface area (Å²) in [4.78, 5) is 27.2. The van der Waals surface area contributed by atoms with Crippen molar-refractivity contribution in [2.45, 2.75) is 6.04 Å². The molecule has 1 aliphatic heterocycles. The lowest BCUT2D eigenvalue weighted by atomic mass is 9.95. The molecule has 0 aromatic heterocycles. The smallest absolute Gasteiger partial charge is 0.290 e. The van der Waals surface area contributed by atoms with Crippen molar-refractivity contribution in [2.75, 3.05) is 33.5 Å². The van der Waals surface area contributed by atoms with Gasteiger partial charge in [0, 0.05) is 6.54 Å². The summed E-state index contributed by atoms with van der Waals surface area (Å²) in [6, 6.07) is 15.5. The van der Waals surface area contributed by atoms with E-state index in [-0.39, 0.29) is 31.9 Å². The standard InChI is InChI=1S/C24H25NO6/c1-30-19-10-8-18(9-11-19)22-21(20(27)12-7-17-5-3-2-4-6-17)23(28)24(29)25(22)13-15-31-16-14-26/h2-12,22,26,28H,13-16H2,1H3. The molecule has 1 unspecified atom stereocenters. The maximum Gasteiger partial charge on any atom is 0.290 e. The number of aliphatic hydroxyl groups excluding tert-OH is 2. The number of carbonyl (C=O) groups is 2. The molecule has 0 bridgehead atoms. The van der Waals surface area contributed by atoms with E-state index in [1.165, 1.54) is 11.0 Å². The minimum absolute atomic E-state index is 0.0181. The first-order chi connectivity index (χ1) is 15.1. The second kappa shape index (κ2) is 10.6. The third-order valence-corrected chi connectivity index (χ3v) is 4.94. The number of nitrogens with zero attached hydrogens (tertiary/aromatic N) is 1. The first-order valence-electron chi connectivity index (χ1n) is 9.91. The van der Waals surface area contributed by atoms with Gasteiger partial charge in [-0.25, -0.2) is 0 Å². The Morgan fingerprint density at radius 2 is 1.81 bits per heavy atom. The molecule has 1 atom stereocenters. The van der Waals surface area contributed by atoms with E-state index in [4.69, 9.17) is 14.6 Å². The molecule has 31 heavy (non-hydrogen) atoms. The van der Waals surface area contributed by atoms with Gasteiger partial charge >= 0.3 is 0 Å². The minimum Gasteiger partial charge on any atom is -0.503 e. The predicted molar refractivity (Wildman–Crippen MR) is 115 cm³/mol. The molecule has 2 N–H and O–H groups in total. The van der Waals surface area contributed by atoms with Gasteiger partial charge in [-0.2, -0.15) is 0 Å². The quantitative estimate of drug-likeness (QED) is 0.451. The van der Waals surface area contributed by atoms with Gasteiger partial charge in [0.25, 0.3) is 5.91 Å². The number of ether oxygens (including phenoxy) is 2. The zero-order chi connectivity index (χ0) is 22.2. The molecular weight excluding hydrogens is 398 g/mol. The SMILES string of the molecule is COc1ccc(C2C(C(=O)C=Cc3ccccc3)=C(O)C(=O)N2CCOCCO)cc1. The summed E-state index contributed by atoms with van der Waals surface area (Å²) < 4.78 is 10.5. The lowest BCUT2D eigenvalue weighted by Gasteiger charge is -2.26. The van der Waals surface area contributed by atoms with Crippen molar-refractivity contribution in [3.05, 3.63) is 83.1 Å². The molecule has 0 radical (unpaired) electrons. The highest BCUT2D eigenvalue weighted by Crippen LogP contribution is 2.38. The number of aliphatic hydroxyl groups is 2. The topological polar surface area (TPSA) is 96.3 Å². The van der Waals surface area contributed by atoms with Gasteiger partial charge in [-0.1, -0.05) is 48.5 Å². The highest BCUT2D eigenvalue weighted by molar-refractivity contribution is 6.14. The number of ketones is 1. The normalized spacial score (nSPS) is 16.4. The van der Waals surface area contributed by atoms with E-state index in [0.717, 1.165) is 5.56 Å². The molecule has 2 aromatic rings. The van der Waals surface area contributed by atoms with E-state index in [1.54, 1.807) is 37.5 Å². The molecule has 0 aliphatic carbocycles. The fourth-order valence-corrected chi connectivity index (χ4v) is 3.42. The zero-order valence-electron chi connectivity index (χ0n) is 17.2. The maximum atomic E-state index is 13.0. The lowest BCUT2D eigenvalue weighted by molar-refractivity contribution is -0.130. The van der Waals surface area contributed by atoms with Crippen LogP contribution in [0.1, 0.15) is 17.2 Å². The summed E-state index contributed by atoms with van der Waals surface area (Å²) in [5, 5.41) is 19.4. The van der Waals surface area contributed by atoms with Gasteiger partial charge in [0.2, 0.25) is 0 Å². The van der Waals surface area contributed by atoms with E-state index < -0.39 is 23.5 Å². The third kappa shape index (κ3) is 5.20. The number of rotatable bonds is 10. The van der Waals surface area contributed by atoms with Crippen LogP contribution in [0.15, 0.2) is 72.0 Å². The van der Waals surface area contributed by atoms with Crippen LogP contribution >= 0.6 is 0 Å². The van der Waals surface area contributed by atoms with Crippen LogP contribution in [-0.4, -0.2) is 60.3 Å². The van der Waals surface area contributed by atoms with Crippen molar-refractivity contribution < 1.29 is 29.3 Å². The van der Waals surface area contributed by atoms with Crippen LogP contribution in [0.25, 0.3) is 6.08 Å². The monoisotopic (exact) mass is 423 g/mol. The Hall–Kier alpha value is -3.42. The van der Waals surface area contributed by atoms with Crippen molar-refractivity contribution in [1.82, 2.24) is 4.90 Å². The second-order valence-electron chi connectivity index (χ2n) is 6.88. The number of hydrogen-bond donors (Lipinski definition) is 2. The van der Waals surface area contributed by atoms with Crippen LogP contribution < -0.4 is 4.74 Å². The van der Waals surface area contributed by atoms with Gasteiger partial charge in [-0.15, -0.1) is 0 Å². The lowest BCUT2D eigenvalue weighted by Crippen LogP contribution is -2.34. The van der Waals surface area contributed by atoms with Gasteiger partial charge < -0.3 is 24.6 Å². The molecule has 7 nitrogen and oxygen atoms in total. The van der Waals surface area contributed by atoms with Gasteiger partial charge in [-0.3, -0.25) is 9.59 Å². The minimum atomic E-state index is -0.760. The fraction of sp³-hybridized carbons (Fsp3) is 0.250. The van der Waals surface area contributed by atoms with Gasteiger partial charge in [0.05, 0.1) is 38.5 Å². The molecule has 0 saturated heterocycles. The van der Waals surface area contributed by atoms with Crippen LogP contribution in [-0.2, 0) is 14.3 Å². The molecule has 0 spiro atoms. The zero-order valence-corrected chi connectivity index (χ0v) is 17.2.